The average Bonchev–Trinajstić information content (AvgIpc) is 3.28. The molecular formula is C21H28N2O6S. The van der Waals surface area contributed by atoms with E-state index in [1.165, 1.54) is 23.4 Å². The number of nitrogens with zero attached hydrogens (tertiary/aromatic N) is 2. The maximum Gasteiger partial charge on any atom is 0.309 e. The molecule has 0 saturated carbocycles. The molecule has 0 spiro atoms. The molecule has 0 aliphatic carbocycles. The lowest BCUT2D eigenvalue weighted by Gasteiger charge is -2.31. The molecule has 2 saturated heterocycles. The third-order valence-corrected chi connectivity index (χ3v) is 7.62. The van der Waals surface area contributed by atoms with Gasteiger partial charge in [-0.1, -0.05) is 12.1 Å². The maximum absolute atomic E-state index is 12.9. The number of hydrogen-bond donors (Lipinski definition) is 0. The molecule has 0 N–H and O–H groups in total. The summed E-state index contributed by atoms with van der Waals surface area (Å²) < 4.78 is 32.5. The van der Waals surface area contributed by atoms with E-state index in [4.69, 9.17) is 4.74 Å². The van der Waals surface area contributed by atoms with Crippen molar-refractivity contribution in [3.63, 3.8) is 0 Å². The van der Waals surface area contributed by atoms with Crippen molar-refractivity contribution in [2.75, 3.05) is 26.2 Å². The molecule has 9 heteroatoms. The van der Waals surface area contributed by atoms with Crippen molar-refractivity contribution < 1.29 is 27.5 Å². The standard InChI is InChI=1S/C21H28N2O6S/c1-15(24)18-6-5-7-19(14-18)30(27,28)23-12-8-17(9-13-23)21(26)29-16(2)20(25)22-10-3-4-11-22/h5-7,14,16-17H,3-4,8-13H2,1-2H3/t16-/m0/s1. The molecular weight excluding hydrogens is 408 g/mol. The minimum absolute atomic E-state index is 0.0704. The number of hydrogen-bond acceptors (Lipinski definition) is 6. The number of ketones is 1. The van der Waals surface area contributed by atoms with Crippen molar-refractivity contribution in [3.8, 4) is 0 Å². The summed E-state index contributed by atoms with van der Waals surface area (Å²) in [7, 11) is -3.75. The summed E-state index contributed by atoms with van der Waals surface area (Å²) in [5, 5.41) is 0. The fourth-order valence-corrected chi connectivity index (χ4v) is 5.39. The average molecular weight is 437 g/mol. The molecule has 1 aromatic carbocycles. The van der Waals surface area contributed by atoms with Gasteiger partial charge >= 0.3 is 5.97 Å². The first kappa shape index (κ1) is 22.4. The van der Waals surface area contributed by atoms with Gasteiger partial charge in [-0.15, -0.1) is 0 Å². The third-order valence-electron chi connectivity index (χ3n) is 5.72. The van der Waals surface area contributed by atoms with Crippen LogP contribution in [0.1, 0.15) is 49.9 Å². The summed E-state index contributed by atoms with van der Waals surface area (Å²) in [4.78, 5) is 38.1. The van der Waals surface area contributed by atoms with Crippen LogP contribution in [0.3, 0.4) is 0 Å². The first-order valence-corrected chi connectivity index (χ1v) is 11.7. The largest absolute Gasteiger partial charge is 0.452 e. The van der Waals surface area contributed by atoms with Crippen LogP contribution in [0.5, 0.6) is 0 Å². The van der Waals surface area contributed by atoms with E-state index in [1.807, 2.05) is 0 Å². The van der Waals surface area contributed by atoms with Crippen molar-refractivity contribution in [1.29, 1.82) is 0 Å². The van der Waals surface area contributed by atoms with Gasteiger partial charge < -0.3 is 9.64 Å². The highest BCUT2D eigenvalue weighted by Gasteiger charge is 2.35. The Labute approximate surface area is 177 Å². The molecule has 164 valence electrons. The molecule has 0 aromatic heterocycles. The van der Waals surface area contributed by atoms with Crippen LogP contribution >= 0.6 is 0 Å². The van der Waals surface area contributed by atoms with Gasteiger partial charge in [-0.2, -0.15) is 4.31 Å². The second kappa shape index (κ2) is 9.26. The third kappa shape index (κ3) is 4.89. The number of amides is 1. The Morgan fingerprint density at radius 1 is 1.07 bits per heavy atom. The van der Waals surface area contributed by atoms with E-state index in [2.05, 4.69) is 0 Å². The number of rotatable bonds is 6. The number of Topliss-reactive ketones (excluding diaryl/α,β-unsaturated/α-hetero) is 1. The van der Waals surface area contributed by atoms with E-state index in [9.17, 15) is 22.8 Å². The Kier molecular flexibility index (Phi) is 6.92. The van der Waals surface area contributed by atoms with Gasteiger partial charge in [-0.25, -0.2) is 8.42 Å². The normalized spacial score (nSPS) is 19.5. The van der Waals surface area contributed by atoms with Crippen molar-refractivity contribution in [2.24, 2.45) is 5.92 Å². The number of carbonyl (C=O) groups excluding carboxylic acids is 3. The number of sulfonamides is 1. The van der Waals surface area contributed by atoms with Crippen molar-refractivity contribution in [1.82, 2.24) is 9.21 Å². The van der Waals surface area contributed by atoms with E-state index in [-0.39, 0.29) is 29.7 Å². The van der Waals surface area contributed by atoms with E-state index in [0.717, 1.165) is 12.8 Å². The molecule has 0 unspecified atom stereocenters. The monoisotopic (exact) mass is 436 g/mol. The zero-order chi connectivity index (χ0) is 21.9. The number of ether oxygens (including phenoxy) is 1. The lowest BCUT2D eigenvalue weighted by molar-refractivity contribution is -0.163. The molecule has 1 aromatic rings. The van der Waals surface area contributed by atoms with Crippen LogP contribution in [0.4, 0.5) is 0 Å². The van der Waals surface area contributed by atoms with Crippen LogP contribution in [0.2, 0.25) is 0 Å². The van der Waals surface area contributed by atoms with E-state index in [1.54, 1.807) is 24.0 Å². The second-order valence-electron chi connectivity index (χ2n) is 7.87. The highest BCUT2D eigenvalue weighted by Crippen LogP contribution is 2.26. The minimum Gasteiger partial charge on any atom is -0.452 e. The predicted molar refractivity (Wildman–Crippen MR) is 109 cm³/mol. The molecule has 2 heterocycles. The Balaban J connectivity index is 1.57. The zero-order valence-electron chi connectivity index (χ0n) is 17.4. The van der Waals surface area contributed by atoms with Crippen LogP contribution in [0, 0.1) is 5.92 Å². The summed E-state index contributed by atoms with van der Waals surface area (Å²) in [6.45, 7) is 4.73. The first-order chi connectivity index (χ1) is 14.2. The number of likely N-dealkylation sites (tertiary alicyclic amines) is 1. The Morgan fingerprint density at radius 2 is 1.70 bits per heavy atom. The number of piperidine rings is 1. The molecule has 3 rings (SSSR count). The molecule has 8 nitrogen and oxygen atoms in total. The highest BCUT2D eigenvalue weighted by molar-refractivity contribution is 7.89. The summed E-state index contributed by atoms with van der Waals surface area (Å²) in [5.74, 6) is -1.27. The topological polar surface area (TPSA) is 101 Å². The van der Waals surface area contributed by atoms with Gasteiger partial charge in [0.1, 0.15) is 0 Å². The molecule has 1 atom stereocenters. The van der Waals surface area contributed by atoms with Gasteiger partial charge in [0.2, 0.25) is 10.0 Å². The van der Waals surface area contributed by atoms with Crippen molar-refractivity contribution in [3.05, 3.63) is 29.8 Å². The number of benzene rings is 1. The van der Waals surface area contributed by atoms with Gasteiger partial charge in [-0.05, 0) is 51.7 Å². The molecule has 1 amide bonds. The summed E-state index contributed by atoms with van der Waals surface area (Å²) in [5.41, 5.74) is 0.339. The second-order valence-corrected chi connectivity index (χ2v) is 9.81. The fraction of sp³-hybridized carbons (Fsp3) is 0.571. The molecule has 0 radical (unpaired) electrons. The predicted octanol–water partition coefficient (Wildman–Crippen LogP) is 1.84. The minimum atomic E-state index is -3.75. The quantitative estimate of drug-likeness (QED) is 0.498. The van der Waals surface area contributed by atoms with Crippen molar-refractivity contribution in [2.45, 2.75) is 50.5 Å². The first-order valence-electron chi connectivity index (χ1n) is 10.3. The lowest BCUT2D eigenvalue weighted by atomic mass is 9.98. The van der Waals surface area contributed by atoms with Gasteiger partial charge in [0.15, 0.2) is 11.9 Å². The summed E-state index contributed by atoms with van der Waals surface area (Å²) >= 11 is 0. The van der Waals surface area contributed by atoms with Crippen LogP contribution in [-0.2, 0) is 24.3 Å². The van der Waals surface area contributed by atoms with Gasteiger partial charge in [0.05, 0.1) is 10.8 Å². The lowest BCUT2D eigenvalue weighted by Crippen LogP contribution is -2.43. The highest BCUT2D eigenvalue weighted by atomic mass is 32.2. The molecule has 0 bridgehead atoms. The smallest absolute Gasteiger partial charge is 0.309 e. The molecule has 2 fully saturated rings. The Bertz CT molecular complexity index is 915. The number of esters is 1. The molecule has 30 heavy (non-hydrogen) atoms. The fourth-order valence-electron chi connectivity index (χ4n) is 3.87. The molecule has 2 aliphatic heterocycles. The Morgan fingerprint density at radius 3 is 2.30 bits per heavy atom. The van der Waals surface area contributed by atoms with Crippen LogP contribution < -0.4 is 0 Å². The van der Waals surface area contributed by atoms with Crippen LogP contribution in [0.15, 0.2) is 29.2 Å². The van der Waals surface area contributed by atoms with Crippen LogP contribution in [-0.4, -0.2) is 67.6 Å². The zero-order valence-corrected chi connectivity index (χ0v) is 18.2. The Hall–Kier alpha value is -2.26. The van der Waals surface area contributed by atoms with Crippen molar-refractivity contribution >= 4 is 27.7 Å². The van der Waals surface area contributed by atoms with E-state index >= 15 is 0 Å². The van der Waals surface area contributed by atoms with Gasteiger partial charge in [-0.3, -0.25) is 14.4 Å². The van der Waals surface area contributed by atoms with E-state index in [0.29, 0.717) is 31.5 Å². The van der Waals surface area contributed by atoms with E-state index < -0.39 is 28.0 Å². The maximum atomic E-state index is 12.9. The summed E-state index contributed by atoms with van der Waals surface area (Å²) in [6, 6.07) is 5.97. The van der Waals surface area contributed by atoms with Gasteiger partial charge in [0, 0.05) is 31.7 Å². The summed E-state index contributed by atoms with van der Waals surface area (Å²) in [6.07, 6.45) is 1.76. The number of carbonyl (C=O) groups is 3. The molecule has 2 aliphatic rings. The van der Waals surface area contributed by atoms with Gasteiger partial charge in [0.25, 0.3) is 5.91 Å². The van der Waals surface area contributed by atoms with Crippen LogP contribution in [0.25, 0.3) is 0 Å². The SMILES string of the molecule is CC(=O)c1cccc(S(=O)(=O)N2CCC(C(=O)O[C@@H](C)C(=O)N3CCCC3)CC2)c1.